The van der Waals surface area contributed by atoms with E-state index < -0.39 is 116 Å². The largest absolute Gasteiger partial charge is 0.463 e. The fourth-order valence-corrected chi connectivity index (χ4v) is 4.49. The van der Waals surface area contributed by atoms with Crippen LogP contribution in [0.15, 0.2) is 0 Å². The molecule has 18 nitrogen and oxygen atoms in total. The van der Waals surface area contributed by atoms with Gasteiger partial charge in [0, 0.05) is 48.5 Å². The minimum absolute atomic E-state index is 0.572. The van der Waals surface area contributed by atoms with Gasteiger partial charge in [-0.1, -0.05) is 0 Å². The third kappa shape index (κ3) is 10.7. The standard InChI is InChI=1S/C26H36O18/c1-10(27)35-8-17-20(21(38-13(4)30)23(25(34)42-17)40-15(6)32)44-26-24(41-16(7)33)22(39-14(5)31)19(37-12(3)29)18(43-26)9-36-11(2)28/h17-26,34H,8-9H2,1-7H3/t17-,18-,19+,20+,21-,22+,23-,24-,25-,26+/m1/s1. The van der Waals surface area contributed by atoms with E-state index in [4.69, 9.17) is 47.4 Å². The average Bonchev–Trinajstić information content (AvgIpc) is 2.87. The van der Waals surface area contributed by atoms with Crippen molar-refractivity contribution in [3.63, 3.8) is 0 Å². The van der Waals surface area contributed by atoms with Crippen LogP contribution in [-0.2, 0) is 80.9 Å². The molecule has 10 atom stereocenters. The van der Waals surface area contributed by atoms with Crippen LogP contribution in [0.3, 0.4) is 0 Å². The van der Waals surface area contributed by atoms with Crippen molar-refractivity contribution in [3.05, 3.63) is 0 Å². The summed E-state index contributed by atoms with van der Waals surface area (Å²) in [4.78, 5) is 83.5. The van der Waals surface area contributed by atoms with Gasteiger partial charge in [0.05, 0.1) is 0 Å². The molecular formula is C26H36O18. The van der Waals surface area contributed by atoms with Crippen molar-refractivity contribution >= 4 is 41.8 Å². The zero-order valence-electron chi connectivity index (χ0n) is 25.1. The highest BCUT2D eigenvalue weighted by molar-refractivity contribution is 5.69. The minimum Gasteiger partial charge on any atom is -0.463 e. The normalized spacial score (nSPS) is 31.5. The molecule has 2 heterocycles. The zero-order chi connectivity index (χ0) is 33.3. The molecule has 0 saturated carbocycles. The van der Waals surface area contributed by atoms with Crippen LogP contribution in [0.5, 0.6) is 0 Å². The zero-order valence-corrected chi connectivity index (χ0v) is 25.1. The number of rotatable bonds is 11. The summed E-state index contributed by atoms with van der Waals surface area (Å²) < 4.78 is 54.1. The van der Waals surface area contributed by atoms with Crippen LogP contribution >= 0.6 is 0 Å². The van der Waals surface area contributed by atoms with Gasteiger partial charge in [-0.3, -0.25) is 33.6 Å². The first kappa shape index (κ1) is 36.3. The molecule has 0 spiro atoms. The number of hydrogen-bond acceptors (Lipinski definition) is 18. The molecule has 2 aliphatic heterocycles. The minimum atomic E-state index is -1.90. The molecular weight excluding hydrogens is 600 g/mol. The molecule has 2 saturated heterocycles. The fraction of sp³-hybridized carbons (Fsp3) is 0.731. The highest BCUT2D eigenvalue weighted by Gasteiger charge is 2.57. The SMILES string of the molecule is CC(=O)OC[C@H]1O[C@@H](O)[C@H](OC(C)=O)[C@H](OC(C)=O)[C@H]1O[C@@H]1O[C@H](COC(C)=O)[C@H](OC(C)=O)[C@H](OC(C)=O)[C@H]1OC(C)=O. The van der Waals surface area contributed by atoms with Crippen LogP contribution in [0, 0.1) is 0 Å². The molecule has 0 aliphatic carbocycles. The van der Waals surface area contributed by atoms with Crippen LogP contribution in [-0.4, -0.2) is 122 Å². The number of carbonyl (C=O) groups is 7. The highest BCUT2D eigenvalue weighted by atomic mass is 16.8. The molecule has 0 unspecified atom stereocenters. The van der Waals surface area contributed by atoms with Crippen molar-refractivity contribution in [3.8, 4) is 0 Å². The van der Waals surface area contributed by atoms with Gasteiger partial charge in [-0.05, 0) is 0 Å². The van der Waals surface area contributed by atoms with Gasteiger partial charge >= 0.3 is 41.8 Å². The number of aliphatic hydroxyl groups excluding tert-OH is 1. The van der Waals surface area contributed by atoms with Crippen molar-refractivity contribution < 1.29 is 86.0 Å². The van der Waals surface area contributed by atoms with Gasteiger partial charge in [-0.2, -0.15) is 0 Å². The molecule has 2 fully saturated rings. The van der Waals surface area contributed by atoms with Gasteiger partial charge < -0.3 is 52.5 Å². The third-order valence-electron chi connectivity index (χ3n) is 5.90. The molecule has 1 N–H and O–H groups in total. The third-order valence-corrected chi connectivity index (χ3v) is 5.90. The summed E-state index contributed by atoms with van der Waals surface area (Å²) >= 11 is 0. The molecule has 248 valence electrons. The second kappa shape index (κ2) is 16.3. The van der Waals surface area contributed by atoms with E-state index in [0.29, 0.717) is 0 Å². The molecule has 44 heavy (non-hydrogen) atoms. The van der Waals surface area contributed by atoms with Crippen molar-refractivity contribution in [2.75, 3.05) is 13.2 Å². The van der Waals surface area contributed by atoms with Gasteiger partial charge in [-0.25, -0.2) is 0 Å². The van der Waals surface area contributed by atoms with Crippen molar-refractivity contribution in [2.45, 2.75) is 110 Å². The number of ether oxygens (including phenoxy) is 10. The summed E-state index contributed by atoms with van der Waals surface area (Å²) in [6.07, 6.45) is -16.3. The van der Waals surface area contributed by atoms with Crippen LogP contribution < -0.4 is 0 Å². The maximum Gasteiger partial charge on any atom is 0.303 e. The summed E-state index contributed by atoms with van der Waals surface area (Å²) in [5.41, 5.74) is 0. The first-order chi connectivity index (χ1) is 20.5. The Bertz CT molecular complexity index is 1090. The highest BCUT2D eigenvalue weighted by Crippen LogP contribution is 2.34. The Labute approximate surface area is 251 Å². The van der Waals surface area contributed by atoms with E-state index >= 15 is 0 Å². The molecule has 2 aliphatic rings. The van der Waals surface area contributed by atoms with E-state index in [2.05, 4.69) is 0 Å². The monoisotopic (exact) mass is 636 g/mol. The predicted molar refractivity (Wildman–Crippen MR) is 135 cm³/mol. The lowest BCUT2D eigenvalue weighted by Gasteiger charge is -2.48. The van der Waals surface area contributed by atoms with Crippen LogP contribution in [0.4, 0.5) is 0 Å². The molecule has 0 bridgehead atoms. The fourth-order valence-electron chi connectivity index (χ4n) is 4.49. The second-order valence-electron chi connectivity index (χ2n) is 9.68. The molecule has 18 heteroatoms. The van der Waals surface area contributed by atoms with Gasteiger partial charge in [0.1, 0.15) is 31.5 Å². The van der Waals surface area contributed by atoms with E-state index in [-0.39, 0.29) is 0 Å². The summed E-state index contributed by atoms with van der Waals surface area (Å²) in [6, 6.07) is 0. The Morgan fingerprint density at radius 1 is 0.477 bits per heavy atom. The van der Waals surface area contributed by atoms with Gasteiger partial charge in [0.25, 0.3) is 0 Å². The average molecular weight is 637 g/mol. The van der Waals surface area contributed by atoms with E-state index in [1.807, 2.05) is 0 Å². The molecule has 0 amide bonds. The van der Waals surface area contributed by atoms with Gasteiger partial charge in [0.15, 0.2) is 43.1 Å². The first-order valence-electron chi connectivity index (χ1n) is 13.3. The lowest BCUT2D eigenvalue weighted by Crippen LogP contribution is -2.67. The Balaban J connectivity index is 2.66. The summed E-state index contributed by atoms with van der Waals surface area (Å²) in [5, 5.41) is 10.6. The van der Waals surface area contributed by atoms with E-state index in [1.54, 1.807) is 0 Å². The van der Waals surface area contributed by atoms with E-state index in [9.17, 15) is 38.7 Å². The Hall–Kier alpha value is -3.87. The summed E-state index contributed by atoms with van der Waals surface area (Å²) in [7, 11) is 0. The Morgan fingerprint density at radius 2 is 0.841 bits per heavy atom. The predicted octanol–water partition coefficient (Wildman–Crippen LogP) is -1.40. The van der Waals surface area contributed by atoms with Crippen LogP contribution in [0.25, 0.3) is 0 Å². The topological polar surface area (TPSA) is 232 Å². The Morgan fingerprint density at radius 3 is 1.27 bits per heavy atom. The maximum atomic E-state index is 12.2. The smallest absolute Gasteiger partial charge is 0.303 e. The maximum absolute atomic E-state index is 12.2. The lowest BCUT2D eigenvalue weighted by molar-refractivity contribution is -0.357. The van der Waals surface area contributed by atoms with Gasteiger partial charge in [0.2, 0.25) is 0 Å². The Kier molecular flexibility index (Phi) is 13.4. The van der Waals surface area contributed by atoms with E-state index in [0.717, 1.165) is 48.5 Å². The first-order valence-corrected chi connectivity index (χ1v) is 13.3. The summed E-state index contributed by atoms with van der Waals surface area (Å²) in [5.74, 6) is -6.03. The number of hydrogen-bond donors (Lipinski definition) is 1. The number of esters is 7. The van der Waals surface area contributed by atoms with Crippen molar-refractivity contribution in [1.82, 2.24) is 0 Å². The summed E-state index contributed by atoms with van der Waals surface area (Å²) in [6.45, 7) is 6.11. The van der Waals surface area contributed by atoms with Gasteiger partial charge in [-0.15, -0.1) is 0 Å². The number of aliphatic hydroxyl groups is 1. The molecule has 0 aromatic carbocycles. The van der Waals surface area contributed by atoms with Crippen LogP contribution in [0.2, 0.25) is 0 Å². The molecule has 0 aromatic heterocycles. The quantitative estimate of drug-likeness (QED) is 0.203. The van der Waals surface area contributed by atoms with Crippen LogP contribution in [0.1, 0.15) is 48.5 Å². The van der Waals surface area contributed by atoms with E-state index in [1.165, 1.54) is 0 Å². The van der Waals surface area contributed by atoms with Crippen molar-refractivity contribution in [2.24, 2.45) is 0 Å². The lowest BCUT2D eigenvalue weighted by atomic mass is 9.96. The molecule has 0 radical (unpaired) electrons. The molecule has 2 rings (SSSR count). The second-order valence-corrected chi connectivity index (χ2v) is 9.68. The number of carbonyl (C=O) groups excluding carboxylic acids is 7. The van der Waals surface area contributed by atoms with Crippen molar-refractivity contribution in [1.29, 1.82) is 0 Å². The molecule has 0 aromatic rings.